The highest BCUT2D eigenvalue weighted by Crippen LogP contribution is 2.24. The molecule has 0 aromatic carbocycles. The maximum absolute atomic E-state index is 10.1. The van der Waals surface area contributed by atoms with Crippen LogP contribution in [0.1, 0.15) is 19.8 Å². The first-order valence-electron chi connectivity index (χ1n) is 7.72. The van der Waals surface area contributed by atoms with Gasteiger partial charge in [-0.25, -0.2) is 0 Å². The van der Waals surface area contributed by atoms with Gasteiger partial charge in [-0.15, -0.1) is 0 Å². The number of ether oxygens (including phenoxy) is 4. The third kappa shape index (κ3) is 5.68. The number of methoxy groups -OCH3 is 1. The van der Waals surface area contributed by atoms with Gasteiger partial charge in [-0.1, -0.05) is 19.9 Å². The van der Waals surface area contributed by atoms with Gasteiger partial charge in [-0.2, -0.15) is 0 Å². The van der Waals surface area contributed by atoms with E-state index in [4.69, 9.17) is 18.9 Å². The smallest absolute Gasteiger partial charge is 0.186 e. The Morgan fingerprint density at radius 1 is 1.30 bits per heavy atom. The predicted molar refractivity (Wildman–Crippen MR) is 80.9 cm³/mol. The Labute approximate surface area is 136 Å². The number of aliphatic hydroxyl groups excluding tert-OH is 4. The van der Waals surface area contributed by atoms with Crippen molar-refractivity contribution in [2.24, 2.45) is 0 Å². The molecule has 0 amide bonds. The lowest BCUT2D eigenvalue weighted by molar-refractivity contribution is -0.308. The summed E-state index contributed by atoms with van der Waals surface area (Å²) in [6.45, 7) is 5.35. The van der Waals surface area contributed by atoms with Gasteiger partial charge in [-0.3, -0.25) is 0 Å². The van der Waals surface area contributed by atoms with Gasteiger partial charge in [0.1, 0.15) is 36.3 Å². The van der Waals surface area contributed by atoms with Crippen molar-refractivity contribution in [3.63, 3.8) is 0 Å². The van der Waals surface area contributed by atoms with Crippen LogP contribution in [0.25, 0.3) is 0 Å². The molecule has 0 bridgehead atoms. The Balaban J connectivity index is 2.60. The van der Waals surface area contributed by atoms with E-state index in [-0.39, 0.29) is 12.4 Å². The first-order chi connectivity index (χ1) is 11.0. The zero-order valence-corrected chi connectivity index (χ0v) is 13.6. The average molecular weight is 336 g/mol. The summed E-state index contributed by atoms with van der Waals surface area (Å²) in [4.78, 5) is 0. The third-order valence-corrected chi connectivity index (χ3v) is 3.69. The number of aliphatic hydroxyl groups is 4. The molecule has 1 saturated heterocycles. The highest BCUT2D eigenvalue weighted by Gasteiger charge is 2.45. The van der Waals surface area contributed by atoms with E-state index < -0.39 is 43.4 Å². The normalized spacial score (nSPS) is 32.7. The van der Waals surface area contributed by atoms with Gasteiger partial charge in [-0.05, 0) is 6.42 Å². The van der Waals surface area contributed by atoms with Crippen LogP contribution < -0.4 is 0 Å². The molecule has 4 N–H and O–H groups in total. The Morgan fingerprint density at radius 2 is 2.00 bits per heavy atom. The van der Waals surface area contributed by atoms with Crippen LogP contribution in [0.2, 0.25) is 0 Å². The minimum Gasteiger partial charge on any atom is -0.510 e. The molecule has 1 aliphatic rings. The zero-order chi connectivity index (χ0) is 17.4. The molecular weight excluding hydrogens is 308 g/mol. The molecule has 1 aliphatic heterocycles. The number of hydrogen-bond donors (Lipinski definition) is 4. The molecule has 0 aromatic heterocycles. The summed E-state index contributed by atoms with van der Waals surface area (Å²) in [5.41, 5.74) is 0. The van der Waals surface area contributed by atoms with Crippen molar-refractivity contribution in [3.8, 4) is 0 Å². The van der Waals surface area contributed by atoms with E-state index in [9.17, 15) is 20.4 Å². The summed E-state index contributed by atoms with van der Waals surface area (Å²) in [6, 6.07) is 0. The van der Waals surface area contributed by atoms with Crippen molar-refractivity contribution < 1.29 is 39.4 Å². The molecule has 8 heteroatoms. The Hall–Kier alpha value is -0.740. The van der Waals surface area contributed by atoms with E-state index in [0.29, 0.717) is 6.61 Å². The molecule has 6 atom stereocenters. The Morgan fingerprint density at radius 3 is 2.52 bits per heavy atom. The van der Waals surface area contributed by atoms with E-state index in [1.165, 1.54) is 7.11 Å². The van der Waals surface area contributed by atoms with Gasteiger partial charge in [0.2, 0.25) is 0 Å². The lowest BCUT2D eigenvalue weighted by Gasteiger charge is -2.41. The maximum Gasteiger partial charge on any atom is 0.186 e. The van der Waals surface area contributed by atoms with Crippen molar-refractivity contribution >= 4 is 0 Å². The topological polar surface area (TPSA) is 118 Å². The second-order valence-corrected chi connectivity index (χ2v) is 5.44. The van der Waals surface area contributed by atoms with Gasteiger partial charge in [0.15, 0.2) is 6.29 Å². The van der Waals surface area contributed by atoms with Crippen LogP contribution in [-0.2, 0) is 18.9 Å². The second-order valence-electron chi connectivity index (χ2n) is 5.44. The minimum absolute atomic E-state index is 0.0918. The van der Waals surface area contributed by atoms with Crippen molar-refractivity contribution in [3.05, 3.63) is 12.3 Å². The lowest BCUT2D eigenvalue weighted by atomic mass is 9.99. The summed E-state index contributed by atoms with van der Waals surface area (Å²) >= 11 is 0. The fourth-order valence-electron chi connectivity index (χ4n) is 2.26. The van der Waals surface area contributed by atoms with Crippen molar-refractivity contribution in [2.45, 2.75) is 56.6 Å². The van der Waals surface area contributed by atoms with E-state index in [0.717, 1.165) is 12.8 Å². The molecule has 1 rings (SSSR count). The van der Waals surface area contributed by atoms with Gasteiger partial charge < -0.3 is 39.4 Å². The molecular formula is C15H28O8. The van der Waals surface area contributed by atoms with Gasteiger partial charge in [0.05, 0.1) is 13.2 Å². The molecule has 0 aromatic rings. The Kier molecular flexibility index (Phi) is 9.00. The van der Waals surface area contributed by atoms with Crippen molar-refractivity contribution in [1.29, 1.82) is 0 Å². The molecule has 8 nitrogen and oxygen atoms in total. The van der Waals surface area contributed by atoms with E-state index in [1.54, 1.807) is 0 Å². The van der Waals surface area contributed by atoms with Crippen LogP contribution in [0.5, 0.6) is 0 Å². The second kappa shape index (κ2) is 10.2. The van der Waals surface area contributed by atoms with Crippen molar-refractivity contribution in [2.75, 3.05) is 26.9 Å². The molecule has 23 heavy (non-hydrogen) atoms. The highest BCUT2D eigenvalue weighted by molar-refractivity contribution is 4.92. The first kappa shape index (κ1) is 20.3. The van der Waals surface area contributed by atoms with Crippen molar-refractivity contribution in [1.82, 2.24) is 0 Å². The van der Waals surface area contributed by atoms with Gasteiger partial charge >= 0.3 is 0 Å². The summed E-state index contributed by atoms with van der Waals surface area (Å²) in [5, 5.41) is 38.8. The fourth-order valence-corrected chi connectivity index (χ4v) is 2.26. The zero-order valence-electron chi connectivity index (χ0n) is 13.6. The quantitative estimate of drug-likeness (QED) is 0.318. The monoisotopic (exact) mass is 336 g/mol. The summed E-state index contributed by atoms with van der Waals surface area (Å²) in [6.07, 6.45) is -4.42. The van der Waals surface area contributed by atoms with Crippen LogP contribution >= 0.6 is 0 Å². The maximum atomic E-state index is 10.1. The number of unbranched alkanes of at least 4 members (excludes halogenated alkanes) is 1. The third-order valence-electron chi connectivity index (χ3n) is 3.69. The van der Waals surface area contributed by atoms with Crippen LogP contribution in [0, 0.1) is 0 Å². The molecule has 0 saturated carbocycles. The molecule has 136 valence electrons. The van der Waals surface area contributed by atoms with Crippen LogP contribution in [0.4, 0.5) is 0 Å². The summed E-state index contributed by atoms with van der Waals surface area (Å²) in [7, 11) is 1.33. The summed E-state index contributed by atoms with van der Waals surface area (Å²) in [5.74, 6) is -0.187. The van der Waals surface area contributed by atoms with Gasteiger partial charge in [0, 0.05) is 13.7 Å². The average Bonchev–Trinajstić information content (AvgIpc) is 2.52. The lowest BCUT2D eigenvalue weighted by Crippen LogP contribution is -2.60. The van der Waals surface area contributed by atoms with E-state index >= 15 is 0 Å². The standard InChI is InChI=1S/C15H28O8/c1-4-5-6-21-11(9(2)17)8-22-15-13(19)14(20-3)12(18)10(7-16)23-15/h10-19H,2,4-8H2,1,3H3/t10?,11?,12-,13?,14?,15+/m0/s1. The minimum atomic E-state index is -1.25. The molecule has 0 spiro atoms. The molecule has 0 radical (unpaired) electrons. The molecule has 1 fully saturated rings. The van der Waals surface area contributed by atoms with E-state index in [1.807, 2.05) is 6.92 Å². The predicted octanol–water partition coefficient (Wildman–Crippen LogP) is -0.286. The van der Waals surface area contributed by atoms with Crippen LogP contribution in [0.3, 0.4) is 0 Å². The van der Waals surface area contributed by atoms with Gasteiger partial charge in [0.25, 0.3) is 0 Å². The molecule has 4 unspecified atom stereocenters. The Bertz CT molecular complexity index is 350. The van der Waals surface area contributed by atoms with Crippen LogP contribution in [-0.4, -0.2) is 84.2 Å². The SMILES string of the molecule is C=C(O)C(CO[C@@H]1OC(CO)[C@H](O)C(OC)C1O)OCCCC. The fraction of sp³-hybridized carbons (Fsp3) is 0.867. The highest BCUT2D eigenvalue weighted by atomic mass is 16.7. The summed E-state index contributed by atoms with van der Waals surface area (Å²) < 4.78 is 21.3. The molecule has 1 heterocycles. The number of hydrogen-bond acceptors (Lipinski definition) is 8. The van der Waals surface area contributed by atoms with Crippen LogP contribution in [0.15, 0.2) is 12.3 Å². The molecule has 0 aliphatic carbocycles. The number of rotatable bonds is 10. The largest absolute Gasteiger partial charge is 0.510 e. The first-order valence-corrected chi connectivity index (χ1v) is 7.72. The van der Waals surface area contributed by atoms with E-state index in [2.05, 4.69) is 6.58 Å².